The fourth-order valence-electron chi connectivity index (χ4n) is 2.55. The van der Waals surface area contributed by atoms with Gasteiger partial charge in [-0.25, -0.2) is 4.39 Å². The molecule has 1 N–H and O–H groups in total. The van der Waals surface area contributed by atoms with E-state index in [9.17, 15) is 4.39 Å². The molecule has 0 fully saturated rings. The molecule has 0 bridgehead atoms. The van der Waals surface area contributed by atoms with E-state index in [2.05, 4.69) is 43.4 Å². The molecule has 0 aromatic heterocycles. The molecule has 2 aromatic rings. The maximum Gasteiger partial charge on any atom is 0.124 e. The van der Waals surface area contributed by atoms with Crippen molar-refractivity contribution < 1.29 is 4.39 Å². The summed E-state index contributed by atoms with van der Waals surface area (Å²) >= 11 is 0. The van der Waals surface area contributed by atoms with Crippen molar-refractivity contribution in [3.63, 3.8) is 0 Å². The predicted octanol–water partition coefficient (Wildman–Crippen LogP) is 4.73. The largest absolute Gasteiger partial charge is 0.314 e. The number of nitrogens with one attached hydrogen (secondary N) is 1. The zero-order valence-corrected chi connectivity index (χ0v) is 13.1. The van der Waals surface area contributed by atoms with Gasteiger partial charge < -0.3 is 5.32 Å². The van der Waals surface area contributed by atoms with E-state index in [1.165, 1.54) is 5.56 Å². The molecule has 0 spiro atoms. The van der Waals surface area contributed by atoms with Crippen LogP contribution in [0.3, 0.4) is 0 Å². The molecule has 2 heteroatoms. The molecule has 21 heavy (non-hydrogen) atoms. The van der Waals surface area contributed by atoms with E-state index in [-0.39, 0.29) is 5.82 Å². The molecule has 0 aliphatic rings. The van der Waals surface area contributed by atoms with Crippen LogP contribution in [0.1, 0.15) is 31.4 Å². The van der Waals surface area contributed by atoms with Gasteiger partial charge in [-0.05, 0) is 67.6 Å². The summed E-state index contributed by atoms with van der Waals surface area (Å²) in [6, 6.07) is 14.1. The van der Waals surface area contributed by atoms with Gasteiger partial charge in [-0.15, -0.1) is 0 Å². The van der Waals surface area contributed by atoms with Crippen molar-refractivity contribution in [2.24, 2.45) is 0 Å². The second-order valence-electron chi connectivity index (χ2n) is 5.77. The minimum atomic E-state index is -0.175. The summed E-state index contributed by atoms with van der Waals surface area (Å²) in [7, 11) is 0. The highest BCUT2D eigenvalue weighted by Gasteiger charge is 2.04. The number of halogens is 1. The Morgan fingerprint density at radius 2 is 1.76 bits per heavy atom. The Kier molecular flexibility index (Phi) is 5.51. The Morgan fingerprint density at radius 3 is 2.38 bits per heavy atom. The number of aryl methyl sites for hydroxylation is 1. The molecule has 1 nitrogen and oxygen atoms in total. The minimum Gasteiger partial charge on any atom is -0.314 e. The van der Waals surface area contributed by atoms with Gasteiger partial charge in [-0.1, -0.05) is 37.3 Å². The van der Waals surface area contributed by atoms with Gasteiger partial charge in [0, 0.05) is 6.04 Å². The number of hydrogen-bond donors (Lipinski definition) is 1. The fraction of sp³-hybridized carbons (Fsp3) is 0.368. The van der Waals surface area contributed by atoms with E-state index < -0.39 is 0 Å². The first-order valence-electron chi connectivity index (χ1n) is 7.68. The Balaban J connectivity index is 2.08. The van der Waals surface area contributed by atoms with Gasteiger partial charge in [-0.3, -0.25) is 0 Å². The van der Waals surface area contributed by atoms with E-state index in [4.69, 9.17) is 0 Å². The third-order valence-corrected chi connectivity index (χ3v) is 3.61. The first kappa shape index (κ1) is 15.7. The smallest absolute Gasteiger partial charge is 0.124 e. The standard InChI is InChI=1S/C19H24FN/c1-4-9-21-15(3)12-16-5-7-17(8-6-16)18-10-14(2)11-19(20)13-18/h5-8,10-11,13,15,21H,4,9,12H2,1-3H3. The molecule has 2 rings (SSSR count). The van der Waals surface area contributed by atoms with Crippen molar-refractivity contribution >= 4 is 0 Å². The molecule has 1 atom stereocenters. The Bertz CT molecular complexity index is 554. The summed E-state index contributed by atoms with van der Waals surface area (Å²) in [4.78, 5) is 0. The van der Waals surface area contributed by atoms with Crippen molar-refractivity contribution in [2.45, 2.75) is 39.7 Å². The monoisotopic (exact) mass is 285 g/mol. The first-order valence-corrected chi connectivity index (χ1v) is 7.68. The van der Waals surface area contributed by atoms with E-state index in [0.717, 1.165) is 36.1 Å². The fourth-order valence-corrected chi connectivity index (χ4v) is 2.55. The molecule has 0 aliphatic heterocycles. The van der Waals surface area contributed by atoms with Gasteiger partial charge in [0.2, 0.25) is 0 Å². The first-order chi connectivity index (χ1) is 10.1. The van der Waals surface area contributed by atoms with Crippen LogP contribution in [0.25, 0.3) is 11.1 Å². The lowest BCUT2D eigenvalue weighted by atomic mass is 10.00. The third-order valence-electron chi connectivity index (χ3n) is 3.61. The van der Waals surface area contributed by atoms with Crippen LogP contribution in [0.4, 0.5) is 4.39 Å². The average Bonchev–Trinajstić information content (AvgIpc) is 2.45. The summed E-state index contributed by atoms with van der Waals surface area (Å²) in [6.07, 6.45) is 2.17. The van der Waals surface area contributed by atoms with Crippen LogP contribution in [0, 0.1) is 12.7 Å². The highest BCUT2D eigenvalue weighted by atomic mass is 19.1. The maximum absolute atomic E-state index is 13.5. The van der Waals surface area contributed by atoms with Crippen molar-refractivity contribution in [1.82, 2.24) is 5.32 Å². The molecule has 0 saturated heterocycles. The normalized spacial score (nSPS) is 12.4. The molecule has 2 aromatic carbocycles. The van der Waals surface area contributed by atoms with Crippen molar-refractivity contribution in [1.29, 1.82) is 0 Å². The lowest BCUT2D eigenvalue weighted by molar-refractivity contribution is 0.543. The van der Waals surface area contributed by atoms with Crippen LogP contribution in [-0.4, -0.2) is 12.6 Å². The molecule has 0 heterocycles. The summed E-state index contributed by atoms with van der Waals surface area (Å²) in [5.41, 5.74) is 4.26. The number of rotatable bonds is 6. The van der Waals surface area contributed by atoms with Gasteiger partial charge in [0.1, 0.15) is 5.82 Å². The van der Waals surface area contributed by atoms with E-state index >= 15 is 0 Å². The highest BCUT2D eigenvalue weighted by Crippen LogP contribution is 2.22. The lowest BCUT2D eigenvalue weighted by Gasteiger charge is -2.13. The average molecular weight is 285 g/mol. The second kappa shape index (κ2) is 7.37. The van der Waals surface area contributed by atoms with Gasteiger partial charge in [0.25, 0.3) is 0 Å². The lowest BCUT2D eigenvalue weighted by Crippen LogP contribution is -2.28. The van der Waals surface area contributed by atoms with Crippen LogP contribution < -0.4 is 5.32 Å². The molecule has 0 radical (unpaired) electrons. The quantitative estimate of drug-likeness (QED) is 0.809. The zero-order chi connectivity index (χ0) is 15.2. The van der Waals surface area contributed by atoms with Gasteiger partial charge >= 0.3 is 0 Å². The van der Waals surface area contributed by atoms with Crippen LogP contribution in [0.15, 0.2) is 42.5 Å². The molecular formula is C19H24FN. The van der Waals surface area contributed by atoms with Gasteiger partial charge in [0.15, 0.2) is 0 Å². The number of benzene rings is 2. The summed E-state index contributed by atoms with van der Waals surface area (Å²) in [5, 5.41) is 3.49. The topological polar surface area (TPSA) is 12.0 Å². The van der Waals surface area contributed by atoms with Crippen LogP contribution in [-0.2, 0) is 6.42 Å². The number of hydrogen-bond acceptors (Lipinski definition) is 1. The minimum absolute atomic E-state index is 0.175. The van der Waals surface area contributed by atoms with Crippen LogP contribution in [0.5, 0.6) is 0 Å². The molecule has 0 saturated carbocycles. The van der Waals surface area contributed by atoms with E-state index in [1.807, 2.05) is 13.0 Å². The van der Waals surface area contributed by atoms with E-state index in [1.54, 1.807) is 12.1 Å². The molecule has 0 amide bonds. The van der Waals surface area contributed by atoms with Gasteiger partial charge in [-0.2, -0.15) is 0 Å². The van der Waals surface area contributed by atoms with Crippen molar-refractivity contribution in [3.05, 3.63) is 59.4 Å². The summed E-state index contributed by atoms with van der Waals surface area (Å²) < 4.78 is 13.5. The zero-order valence-electron chi connectivity index (χ0n) is 13.1. The SMILES string of the molecule is CCCNC(C)Cc1ccc(-c2cc(C)cc(F)c2)cc1. The van der Waals surface area contributed by atoms with Crippen molar-refractivity contribution in [3.8, 4) is 11.1 Å². The van der Waals surface area contributed by atoms with Gasteiger partial charge in [0.05, 0.1) is 0 Å². The summed E-state index contributed by atoms with van der Waals surface area (Å²) in [6.45, 7) is 7.36. The Morgan fingerprint density at radius 1 is 1.05 bits per heavy atom. The molecular weight excluding hydrogens is 261 g/mol. The third kappa shape index (κ3) is 4.68. The van der Waals surface area contributed by atoms with Crippen molar-refractivity contribution in [2.75, 3.05) is 6.54 Å². The molecule has 112 valence electrons. The Labute approximate surface area is 127 Å². The van der Waals surface area contributed by atoms with E-state index in [0.29, 0.717) is 6.04 Å². The summed E-state index contributed by atoms with van der Waals surface area (Å²) in [5.74, 6) is -0.175. The molecule has 1 unspecified atom stereocenters. The predicted molar refractivity (Wildman–Crippen MR) is 88.0 cm³/mol. The van der Waals surface area contributed by atoms with Crippen LogP contribution in [0.2, 0.25) is 0 Å². The maximum atomic E-state index is 13.5. The molecule has 0 aliphatic carbocycles. The Hall–Kier alpha value is -1.67. The second-order valence-corrected chi connectivity index (χ2v) is 5.77. The van der Waals surface area contributed by atoms with Crippen LogP contribution >= 0.6 is 0 Å². The highest BCUT2D eigenvalue weighted by molar-refractivity contribution is 5.64.